The zero-order chi connectivity index (χ0) is 12.7. The Kier molecular flexibility index (Phi) is 2.90. The number of ether oxygens (including phenoxy) is 1. The fraction of sp³-hybridized carbons (Fsp3) is 0.643. The molecule has 2 atom stereocenters. The van der Waals surface area contributed by atoms with Crippen molar-refractivity contribution in [2.45, 2.75) is 44.2 Å². The van der Waals surface area contributed by atoms with Gasteiger partial charge >= 0.3 is 0 Å². The van der Waals surface area contributed by atoms with Crippen LogP contribution in [-0.4, -0.2) is 17.8 Å². The third kappa shape index (κ3) is 2.05. The fourth-order valence-electron chi connectivity index (χ4n) is 2.77. The largest absolute Gasteiger partial charge is 0.394 e. The van der Waals surface area contributed by atoms with Gasteiger partial charge in [-0.1, -0.05) is 0 Å². The number of pyridine rings is 1. The first kappa shape index (κ1) is 11.8. The number of nitrogen functional groups attached to an aromatic ring is 1. The number of hydrogen-bond acceptors (Lipinski definition) is 3. The molecule has 18 heavy (non-hydrogen) atoms. The zero-order valence-corrected chi connectivity index (χ0v) is 10.8. The molecule has 0 aromatic carbocycles. The molecule has 0 saturated heterocycles. The summed E-state index contributed by atoms with van der Waals surface area (Å²) in [5.74, 6) is 1.08. The Bertz CT molecular complexity index is 503. The summed E-state index contributed by atoms with van der Waals surface area (Å²) in [4.78, 5) is 12.0. The lowest BCUT2D eigenvalue weighted by molar-refractivity contribution is -0.0236. The average Bonchev–Trinajstić information content (AvgIpc) is 3.14. The van der Waals surface area contributed by atoms with Crippen LogP contribution in [0.25, 0.3) is 0 Å². The summed E-state index contributed by atoms with van der Waals surface area (Å²) >= 11 is 0. The summed E-state index contributed by atoms with van der Waals surface area (Å²) in [5, 5.41) is 0. The maximum Gasteiger partial charge on any atom is 0.273 e. The second-order valence-electron chi connectivity index (χ2n) is 5.57. The summed E-state index contributed by atoms with van der Waals surface area (Å²) in [5.41, 5.74) is 7.38. The van der Waals surface area contributed by atoms with Gasteiger partial charge in [0.25, 0.3) is 5.56 Å². The van der Waals surface area contributed by atoms with E-state index in [9.17, 15) is 4.79 Å². The lowest BCUT2D eigenvalue weighted by atomic mass is 9.81. The zero-order valence-electron chi connectivity index (χ0n) is 10.8. The molecule has 0 bridgehead atoms. The number of aromatic nitrogens is 1. The highest BCUT2D eigenvalue weighted by Crippen LogP contribution is 2.40. The third-order valence-electron chi connectivity index (χ3n) is 4.27. The highest BCUT2D eigenvalue weighted by atomic mass is 16.5. The Labute approximate surface area is 107 Å². The monoisotopic (exact) mass is 248 g/mol. The lowest BCUT2D eigenvalue weighted by Crippen LogP contribution is -2.38. The first-order valence-corrected chi connectivity index (χ1v) is 6.71. The molecule has 0 radical (unpaired) electrons. The first-order valence-electron chi connectivity index (χ1n) is 6.71. The first-order chi connectivity index (χ1) is 8.69. The quantitative estimate of drug-likeness (QED) is 0.883. The van der Waals surface area contributed by atoms with E-state index in [4.69, 9.17) is 10.5 Å². The molecule has 2 N–H and O–H groups in total. The van der Waals surface area contributed by atoms with Gasteiger partial charge in [-0.2, -0.15) is 0 Å². The van der Waals surface area contributed by atoms with Gasteiger partial charge in [-0.15, -0.1) is 0 Å². The van der Waals surface area contributed by atoms with Gasteiger partial charge in [0.15, 0.2) is 0 Å². The predicted molar refractivity (Wildman–Crippen MR) is 70.6 cm³/mol. The molecule has 98 valence electrons. The van der Waals surface area contributed by atoms with E-state index in [0.717, 1.165) is 19.4 Å². The maximum atomic E-state index is 12.0. The standard InChI is InChI=1S/C14H20N2O2/c1-18-13-5-4-10(13)7-16-8-11(9-2-3-9)6-12(15)14(16)17/h6,8-10,13H,2-5,7,15H2,1H3. The molecule has 2 aliphatic carbocycles. The predicted octanol–water partition coefficient (Wildman–Crippen LogP) is 1.73. The summed E-state index contributed by atoms with van der Waals surface area (Å²) in [6.07, 6.45) is 7.00. The van der Waals surface area contributed by atoms with E-state index in [1.807, 2.05) is 12.3 Å². The number of rotatable bonds is 4. The molecule has 2 fully saturated rings. The van der Waals surface area contributed by atoms with Crippen molar-refractivity contribution in [1.82, 2.24) is 4.57 Å². The molecule has 1 aromatic heterocycles. The van der Waals surface area contributed by atoms with Crippen molar-refractivity contribution >= 4 is 5.69 Å². The van der Waals surface area contributed by atoms with Crippen LogP contribution in [0.1, 0.15) is 37.2 Å². The number of anilines is 1. The Balaban J connectivity index is 1.83. The van der Waals surface area contributed by atoms with Crippen molar-refractivity contribution in [3.8, 4) is 0 Å². The molecule has 2 unspecified atom stereocenters. The molecular formula is C14H20N2O2. The van der Waals surface area contributed by atoms with Crippen LogP contribution < -0.4 is 11.3 Å². The highest BCUT2D eigenvalue weighted by Gasteiger charge is 2.32. The minimum Gasteiger partial charge on any atom is -0.394 e. The molecule has 4 nitrogen and oxygen atoms in total. The molecule has 1 heterocycles. The molecule has 0 amide bonds. The van der Waals surface area contributed by atoms with E-state index < -0.39 is 0 Å². The number of hydrogen-bond donors (Lipinski definition) is 1. The normalized spacial score (nSPS) is 26.9. The van der Waals surface area contributed by atoms with Gasteiger partial charge in [0, 0.05) is 25.8 Å². The Morgan fingerprint density at radius 3 is 2.72 bits per heavy atom. The summed E-state index contributed by atoms with van der Waals surface area (Å²) in [6.45, 7) is 0.738. The Morgan fingerprint density at radius 2 is 2.17 bits per heavy atom. The van der Waals surface area contributed by atoms with Crippen LogP contribution in [0.15, 0.2) is 17.1 Å². The van der Waals surface area contributed by atoms with Crippen molar-refractivity contribution in [1.29, 1.82) is 0 Å². The highest BCUT2D eigenvalue weighted by molar-refractivity contribution is 5.40. The lowest BCUT2D eigenvalue weighted by Gasteiger charge is -2.35. The van der Waals surface area contributed by atoms with Crippen LogP contribution in [0.2, 0.25) is 0 Å². The van der Waals surface area contributed by atoms with E-state index in [0.29, 0.717) is 23.6 Å². The van der Waals surface area contributed by atoms with Gasteiger partial charge in [0.2, 0.25) is 0 Å². The number of nitrogens with zero attached hydrogens (tertiary/aromatic N) is 1. The van der Waals surface area contributed by atoms with Gasteiger partial charge in [0.05, 0.1) is 11.8 Å². The van der Waals surface area contributed by atoms with Crippen LogP contribution in [0, 0.1) is 5.92 Å². The Morgan fingerprint density at radius 1 is 1.39 bits per heavy atom. The van der Waals surface area contributed by atoms with Gasteiger partial charge < -0.3 is 15.0 Å². The number of methoxy groups -OCH3 is 1. The Hall–Kier alpha value is -1.29. The van der Waals surface area contributed by atoms with E-state index in [-0.39, 0.29) is 5.56 Å². The summed E-state index contributed by atoms with van der Waals surface area (Å²) < 4.78 is 7.17. The van der Waals surface area contributed by atoms with Crippen LogP contribution in [0.4, 0.5) is 5.69 Å². The van der Waals surface area contributed by atoms with Crippen molar-refractivity contribution in [3.63, 3.8) is 0 Å². The third-order valence-corrected chi connectivity index (χ3v) is 4.27. The van der Waals surface area contributed by atoms with Gasteiger partial charge in [0.1, 0.15) is 0 Å². The second kappa shape index (κ2) is 4.43. The fourth-order valence-corrected chi connectivity index (χ4v) is 2.77. The maximum absolute atomic E-state index is 12.0. The van der Waals surface area contributed by atoms with E-state index in [1.54, 1.807) is 11.7 Å². The van der Waals surface area contributed by atoms with Crippen LogP contribution >= 0.6 is 0 Å². The topological polar surface area (TPSA) is 57.2 Å². The van der Waals surface area contributed by atoms with Gasteiger partial charge in [-0.05, 0) is 43.2 Å². The van der Waals surface area contributed by atoms with E-state index in [2.05, 4.69) is 0 Å². The van der Waals surface area contributed by atoms with Crippen molar-refractivity contribution in [2.24, 2.45) is 5.92 Å². The molecule has 2 saturated carbocycles. The molecule has 4 heteroatoms. The summed E-state index contributed by atoms with van der Waals surface area (Å²) in [6, 6.07) is 1.85. The SMILES string of the molecule is COC1CCC1Cn1cc(C2CC2)cc(N)c1=O. The van der Waals surface area contributed by atoms with E-state index >= 15 is 0 Å². The minimum atomic E-state index is -0.0545. The smallest absolute Gasteiger partial charge is 0.273 e. The second-order valence-corrected chi connectivity index (χ2v) is 5.57. The van der Waals surface area contributed by atoms with Crippen LogP contribution in [-0.2, 0) is 11.3 Å². The minimum absolute atomic E-state index is 0.0545. The molecule has 0 spiro atoms. The summed E-state index contributed by atoms with van der Waals surface area (Å²) in [7, 11) is 1.74. The molecule has 3 rings (SSSR count). The van der Waals surface area contributed by atoms with E-state index in [1.165, 1.54) is 18.4 Å². The molecular weight excluding hydrogens is 228 g/mol. The molecule has 2 aliphatic rings. The van der Waals surface area contributed by atoms with Crippen molar-refractivity contribution in [2.75, 3.05) is 12.8 Å². The van der Waals surface area contributed by atoms with Gasteiger partial charge in [-0.3, -0.25) is 4.79 Å². The van der Waals surface area contributed by atoms with Crippen molar-refractivity contribution in [3.05, 3.63) is 28.2 Å². The average molecular weight is 248 g/mol. The molecule has 1 aromatic rings. The molecule has 0 aliphatic heterocycles. The van der Waals surface area contributed by atoms with Crippen LogP contribution in [0.5, 0.6) is 0 Å². The van der Waals surface area contributed by atoms with Crippen molar-refractivity contribution < 1.29 is 4.74 Å². The van der Waals surface area contributed by atoms with Gasteiger partial charge in [-0.25, -0.2) is 0 Å². The number of nitrogens with two attached hydrogens (primary N) is 1. The van der Waals surface area contributed by atoms with Crippen LogP contribution in [0.3, 0.4) is 0 Å².